The summed E-state index contributed by atoms with van der Waals surface area (Å²) in [5, 5.41) is 13.8. The smallest absolute Gasteiger partial charge is 0.180 e. The predicted octanol–water partition coefficient (Wildman–Crippen LogP) is 4.04. The second-order valence-electron chi connectivity index (χ2n) is 9.20. The Balaban J connectivity index is 1.34. The van der Waals surface area contributed by atoms with E-state index in [1.54, 1.807) is 13.3 Å². The zero-order valence-corrected chi connectivity index (χ0v) is 19.2. The molecule has 2 aliphatic heterocycles. The van der Waals surface area contributed by atoms with Crippen molar-refractivity contribution in [2.75, 3.05) is 30.4 Å². The first-order valence-corrected chi connectivity index (χ1v) is 11.4. The van der Waals surface area contributed by atoms with Crippen molar-refractivity contribution in [3.8, 4) is 17.0 Å². The van der Waals surface area contributed by atoms with Crippen LogP contribution in [-0.2, 0) is 6.54 Å². The Morgan fingerprint density at radius 3 is 2.91 bits per heavy atom. The van der Waals surface area contributed by atoms with E-state index in [0.29, 0.717) is 18.9 Å². The lowest BCUT2D eigenvalue weighted by Gasteiger charge is -2.23. The number of aromatic nitrogens is 3. The van der Waals surface area contributed by atoms with Gasteiger partial charge in [-0.1, -0.05) is 12.1 Å². The number of ether oxygens (including phenoxy) is 1. The standard InChI is InChI=1S/C26H26N6O2/c1-26(33)7-9-32(16-26)22-6-5-20(12-23(22)34-2)29-24-25-28-8-10-31(25)15-21(30-24)17-3-4-18-13-27-14-19(18)11-17/h3-6,8,10-13,15,33H,7,9,14,16H2,1-2H3,(H,29,30)/t26-/m0/s1. The first-order chi connectivity index (χ1) is 16.5. The van der Waals surface area contributed by atoms with Crippen molar-refractivity contribution in [3.63, 3.8) is 0 Å². The fourth-order valence-corrected chi connectivity index (χ4v) is 4.73. The molecule has 8 heteroatoms. The topological polar surface area (TPSA) is 87.3 Å². The summed E-state index contributed by atoms with van der Waals surface area (Å²) in [6.45, 7) is 3.96. The third kappa shape index (κ3) is 3.66. The molecule has 1 atom stereocenters. The van der Waals surface area contributed by atoms with E-state index < -0.39 is 5.60 Å². The summed E-state index contributed by atoms with van der Waals surface area (Å²) in [6, 6.07) is 12.3. The van der Waals surface area contributed by atoms with Gasteiger partial charge in [-0.25, -0.2) is 9.97 Å². The number of fused-ring (bicyclic) bond motifs is 2. The van der Waals surface area contributed by atoms with E-state index in [4.69, 9.17) is 9.72 Å². The molecule has 0 bridgehead atoms. The van der Waals surface area contributed by atoms with Gasteiger partial charge in [-0.3, -0.25) is 4.99 Å². The largest absolute Gasteiger partial charge is 0.495 e. The van der Waals surface area contributed by atoms with E-state index >= 15 is 0 Å². The van der Waals surface area contributed by atoms with Crippen LogP contribution in [0.1, 0.15) is 24.5 Å². The van der Waals surface area contributed by atoms with Crippen molar-refractivity contribution < 1.29 is 9.84 Å². The molecule has 0 aliphatic carbocycles. The van der Waals surface area contributed by atoms with Crippen LogP contribution in [0.15, 0.2) is 60.0 Å². The van der Waals surface area contributed by atoms with Crippen molar-refractivity contribution in [1.82, 2.24) is 14.4 Å². The highest BCUT2D eigenvalue weighted by molar-refractivity contribution is 5.86. The number of rotatable bonds is 5. The van der Waals surface area contributed by atoms with Crippen molar-refractivity contribution >= 4 is 29.1 Å². The van der Waals surface area contributed by atoms with Gasteiger partial charge in [-0.05, 0) is 42.7 Å². The molecular formula is C26H26N6O2. The normalized spacial score (nSPS) is 19.1. The molecular weight excluding hydrogens is 428 g/mol. The van der Waals surface area contributed by atoms with E-state index in [-0.39, 0.29) is 0 Å². The number of methoxy groups -OCH3 is 1. The van der Waals surface area contributed by atoms with Crippen molar-refractivity contribution in [2.45, 2.75) is 25.5 Å². The monoisotopic (exact) mass is 454 g/mol. The average Bonchev–Trinajstić information content (AvgIpc) is 3.57. The van der Waals surface area contributed by atoms with Crippen LogP contribution in [0.4, 0.5) is 17.2 Å². The molecule has 0 amide bonds. The number of anilines is 3. The van der Waals surface area contributed by atoms with E-state index in [0.717, 1.165) is 52.6 Å². The predicted molar refractivity (Wildman–Crippen MR) is 133 cm³/mol. The molecule has 1 fully saturated rings. The van der Waals surface area contributed by atoms with Crippen molar-refractivity contribution in [1.29, 1.82) is 0 Å². The van der Waals surface area contributed by atoms with E-state index in [1.807, 2.05) is 48.1 Å². The minimum absolute atomic E-state index is 0.584. The van der Waals surface area contributed by atoms with Gasteiger partial charge in [0, 0.05) is 55.2 Å². The van der Waals surface area contributed by atoms with Gasteiger partial charge in [-0.2, -0.15) is 0 Å². The summed E-state index contributed by atoms with van der Waals surface area (Å²) in [5.74, 6) is 1.41. The number of nitrogens with zero attached hydrogens (tertiary/aromatic N) is 5. The van der Waals surface area contributed by atoms with Crippen LogP contribution >= 0.6 is 0 Å². The SMILES string of the molecule is COc1cc(Nc2nc(-c3ccc4c(c3)CN=C4)cn3ccnc23)ccc1N1CC[C@](C)(O)C1. The van der Waals surface area contributed by atoms with Gasteiger partial charge in [0.2, 0.25) is 0 Å². The molecule has 0 radical (unpaired) electrons. The van der Waals surface area contributed by atoms with Crippen LogP contribution in [0.5, 0.6) is 5.75 Å². The minimum atomic E-state index is -0.678. The average molecular weight is 455 g/mol. The quantitative estimate of drug-likeness (QED) is 0.473. The Kier molecular flexibility index (Phi) is 4.77. The van der Waals surface area contributed by atoms with Crippen LogP contribution in [-0.4, -0.2) is 51.5 Å². The molecule has 4 aromatic rings. The van der Waals surface area contributed by atoms with Gasteiger partial charge in [0.1, 0.15) is 5.75 Å². The molecule has 34 heavy (non-hydrogen) atoms. The van der Waals surface area contributed by atoms with Gasteiger partial charge in [0.05, 0.1) is 30.6 Å². The Morgan fingerprint density at radius 1 is 1.18 bits per heavy atom. The zero-order chi connectivity index (χ0) is 23.3. The van der Waals surface area contributed by atoms with Gasteiger partial charge in [-0.15, -0.1) is 0 Å². The summed E-state index contributed by atoms with van der Waals surface area (Å²) in [4.78, 5) is 15.9. The summed E-state index contributed by atoms with van der Waals surface area (Å²) in [7, 11) is 1.67. The molecule has 8 nitrogen and oxygen atoms in total. The highest BCUT2D eigenvalue weighted by Crippen LogP contribution is 2.36. The first kappa shape index (κ1) is 20.7. The lowest BCUT2D eigenvalue weighted by atomic mass is 10.0. The van der Waals surface area contributed by atoms with Gasteiger partial charge < -0.3 is 24.5 Å². The number of aliphatic imine (C=N–C) groups is 1. The molecule has 2 N–H and O–H groups in total. The van der Waals surface area contributed by atoms with Crippen LogP contribution in [0.3, 0.4) is 0 Å². The molecule has 2 aromatic carbocycles. The second kappa shape index (κ2) is 7.85. The highest BCUT2D eigenvalue weighted by atomic mass is 16.5. The summed E-state index contributed by atoms with van der Waals surface area (Å²) in [5.41, 5.74) is 6.15. The molecule has 6 rings (SSSR count). The molecule has 2 aromatic heterocycles. The third-order valence-electron chi connectivity index (χ3n) is 6.54. The maximum Gasteiger partial charge on any atom is 0.180 e. The van der Waals surface area contributed by atoms with E-state index in [2.05, 4.69) is 38.4 Å². The van der Waals surface area contributed by atoms with E-state index in [9.17, 15) is 5.11 Å². The van der Waals surface area contributed by atoms with Crippen LogP contribution in [0, 0.1) is 0 Å². The fraction of sp³-hybridized carbons (Fsp3) is 0.269. The molecule has 0 saturated carbocycles. The summed E-state index contributed by atoms with van der Waals surface area (Å²) in [6.07, 6.45) is 8.34. The van der Waals surface area contributed by atoms with E-state index in [1.165, 1.54) is 5.56 Å². The highest BCUT2D eigenvalue weighted by Gasteiger charge is 2.32. The number of imidazole rings is 1. The lowest BCUT2D eigenvalue weighted by Crippen LogP contribution is -2.29. The molecule has 1 saturated heterocycles. The maximum atomic E-state index is 10.4. The third-order valence-corrected chi connectivity index (χ3v) is 6.54. The fourth-order valence-electron chi connectivity index (χ4n) is 4.73. The number of benzene rings is 2. The van der Waals surface area contributed by atoms with Crippen LogP contribution in [0.25, 0.3) is 16.9 Å². The Morgan fingerprint density at radius 2 is 2.09 bits per heavy atom. The zero-order valence-electron chi connectivity index (χ0n) is 19.2. The number of hydrogen-bond donors (Lipinski definition) is 2. The number of β-amino-alcohol motifs (C(OH)–C–C–N with tert-alkyl or cyclic N) is 1. The van der Waals surface area contributed by atoms with Crippen molar-refractivity contribution in [2.24, 2.45) is 4.99 Å². The maximum absolute atomic E-state index is 10.4. The Bertz CT molecular complexity index is 1420. The summed E-state index contributed by atoms with van der Waals surface area (Å²) >= 11 is 0. The number of hydrogen-bond acceptors (Lipinski definition) is 7. The molecule has 4 heterocycles. The van der Waals surface area contributed by atoms with Crippen molar-refractivity contribution in [3.05, 3.63) is 66.1 Å². The Labute approximate surface area is 197 Å². The van der Waals surface area contributed by atoms with Crippen LogP contribution in [0.2, 0.25) is 0 Å². The molecule has 0 spiro atoms. The molecule has 2 aliphatic rings. The number of aliphatic hydroxyl groups is 1. The Hall–Kier alpha value is -3.91. The lowest BCUT2D eigenvalue weighted by molar-refractivity contribution is 0.0839. The van der Waals surface area contributed by atoms with Crippen LogP contribution < -0.4 is 15.0 Å². The second-order valence-corrected chi connectivity index (χ2v) is 9.20. The molecule has 0 unspecified atom stereocenters. The minimum Gasteiger partial charge on any atom is -0.495 e. The van der Waals surface area contributed by atoms with Gasteiger partial charge in [0.25, 0.3) is 0 Å². The number of nitrogens with one attached hydrogen (secondary N) is 1. The summed E-state index contributed by atoms with van der Waals surface area (Å²) < 4.78 is 7.67. The van der Waals surface area contributed by atoms with Gasteiger partial charge >= 0.3 is 0 Å². The first-order valence-electron chi connectivity index (χ1n) is 11.4. The molecule has 172 valence electrons. The van der Waals surface area contributed by atoms with Gasteiger partial charge in [0.15, 0.2) is 11.5 Å².